The van der Waals surface area contributed by atoms with Crippen molar-refractivity contribution in [1.29, 1.82) is 0 Å². The van der Waals surface area contributed by atoms with E-state index >= 15 is 0 Å². The van der Waals surface area contributed by atoms with Crippen LogP contribution >= 0.6 is 0 Å². The van der Waals surface area contributed by atoms with Gasteiger partial charge >= 0.3 is 0 Å². The molecule has 3 heterocycles. The average molecular weight is 405 g/mol. The highest BCUT2D eigenvalue weighted by molar-refractivity contribution is 7.80. The number of nitrogens with zero attached hydrogens (tertiary/aromatic N) is 3. The Kier molecular flexibility index (Phi) is 6.44. The topological polar surface area (TPSA) is 121 Å². The summed E-state index contributed by atoms with van der Waals surface area (Å²) in [5, 5.41) is 3.46. The van der Waals surface area contributed by atoms with E-state index in [1.807, 2.05) is 13.8 Å². The number of hydrogen-bond donors (Lipinski definition) is 0. The van der Waals surface area contributed by atoms with Crippen molar-refractivity contribution >= 4 is 11.1 Å². The second kappa shape index (κ2) is 8.30. The second-order valence-corrected chi connectivity index (χ2v) is 8.87. The zero-order valence-electron chi connectivity index (χ0n) is 16.0. The summed E-state index contributed by atoms with van der Waals surface area (Å²) in [7, 11) is 0. The van der Waals surface area contributed by atoms with Gasteiger partial charge in [-0.05, 0) is 46.1 Å². The summed E-state index contributed by atoms with van der Waals surface area (Å²) in [5.41, 5.74) is 8.28. The number of rotatable bonds is 8. The molecule has 0 amide bonds. The van der Waals surface area contributed by atoms with Gasteiger partial charge in [-0.25, -0.2) is 4.21 Å². The summed E-state index contributed by atoms with van der Waals surface area (Å²) in [6, 6.07) is 0. The van der Waals surface area contributed by atoms with Crippen LogP contribution in [-0.2, 0) is 38.9 Å². The number of azide groups is 1. The Morgan fingerprint density at radius 2 is 1.93 bits per heavy atom. The van der Waals surface area contributed by atoms with Gasteiger partial charge in [-0.2, -0.15) is 0 Å². The van der Waals surface area contributed by atoms with Crippen LogP contribution in [0.25, 0.3) is 10.4 Å². The van der Waals surface area contributed by atoms with E-state index in [0.717, 1.165) is 0 Å². The molecule has 0 aromatic rings. The molecule has 0 aliphatic carbocycles. The lowest BCUT2D eigenvalue weighted by Crippen LogP contribution is -2.44. The molecule has 3 fully saturated rings. The molecule has 0 N–H and O–H groups in total. The minimum Gasteiger partial charge on any atom is -0.348 e. The highest BCUT2D eigenvalue weighted by atomic mass is 32.2. The molecule has 27 heavy (non-hydrogen) atoms. The maximum Gasteiger partial charge on any atom is 0.190 e. The SMILES string of the molecule is CC1(C)O[C@H]2O[C@H]([C@H]3COC(C)(C)O3)[C@H](O[S@@](=O)CCCCN=[N+]=[N-])[C@H]2O1. The largest absolute Gasteiger partial charge is 0.348 e. The summed E-state index contributed by atoms with van der Waals surface area (Å²) in [6.07, 6.45) is -1.31. The molecule has 3 aliphatic heterocycles. The third-order valence-corrected chi connectivity index (χ3v) is 5.58. The van der Waals surface area contributed by atoms with Crippen LogP contribution in [0.4, 0.5) is 0 Å². The highest BCUT2D eigenvalue weighted by Gasteiger charge is 2.59. The van der Waals surface area contributed by atoms with Gasteiger partial charge in [0, 0.05) is 17.2 Å². The van der Waals surface area contributed by atoms with Gasteiger partial charge in [0.05, 0.1) is 6.61 Å². The normalized spacial score (nSPS) is 37.7. The van der Waals surface area contributed by atoms with E-state index < -0.39 is 47.3 Å². The molecule has 11 heteroatoms. The summed E-state index contributed by atoms with van der Waals surface area (Å²) in [6.45, 7) is 7.98. The van der Waals surface area contributed by atoms with Crippen molar-refractivity contribution < 1.29 is 32.1 Å². The van der Waals surface area contributed by atoms with Crippen LogP contribution in [0.2, 0.25) is 0 Å². The first-order valence-electron chi connectivity index (χ1n) is 9.10. The average Bonchev–Trinajstić information content (AvgIpc) is 3.18. The predicted molar refractivity (Wildman–Crippen MR) is 94.7 cm³/mol. The number of unbranched alkanes of at least 4 members (excludes halogenated alkanes) is 1. The van der Waals surface area contributed by atoms with Gasteiger partial charge in [0.15, 0.2) is 28.9 Å². The van der Waals surface area contributed by atoms with E-state index in [9.17, 15) is 4.21 Å². The van der Waals surface area contributed by atoms with Gasteiger partial charge < -0.3 is 23.7 Å². The minimum absolute atomic E-state index is 0.333. The van der Waals surface area contributed by atoms with Crippen LogP contribution < -0.4 is 0 Å². The Hall–Kier alpha value is -0.780. The van der Waals surface area contributed by atoms with Gasteiger partial charge in [0.2, 0.25) is 0 Å². The molecule has 0 aromatic carbocycles. The molecule has 0 bridgehead atoms. The molecule has 0 spiro atoms. The standard InChI is InChI=1S/C16H27N3O7S/c1-15(2)21-9-10(23-15)11-12(13-14(22-11)25-16(3,4)24-13)26-27(20)8-6-5-7-18-19-17/h10-14H,5-9H2,1-4H3/t10-,11-,12+,13-,14-,27-/m1/s1. The van der Waals surface area contributed by atoms with Crippen LogP contribution in [0.1, 0.15) is 40.5 Å². The van der Waals surface area contributed by atoms with Crippen molar-refractivity contribution in [1.82, 2.24) is 0 Å². The fourth-order valence-corrected chi connectivity index (χ4v) is 4.41. The number of ether oxygens (including phenoxy) is 5. The van der Waals surface area contributed by atoms with Gasteiger partial charge in [0.25, 0.3) is 0 Å². The Balaban J connectivity index is 1.62. The Labute approximate surface area is 161 Å². The Morgan fingerprint density at radius 3 is 2.59 bits per heavy atom. The van der Waals surface area contributed by atoms with Crippen LogP contribution in [0.3, 0.4) is 0 Å². The van der Waals surface area contributed by atoms with E-state index in [-0.39, 0.29) is 6.10 Å². The predicted octanol–water partition coefficient (Wildman–Crippen LogP) is 2.15. The summed E-state index contributed by atoms with van der Waals surface area (Å²) >= 11 is -1.54. The lowest BCUT2D eigenvalue weighted by molar-refractivity contribution is -0.230. The fraction of sp³-hybridized carbons (Fsp3) is 1.00. The van der Waals surface area contributed by atoms with Crippen LogP contribution in [0.5, 0.6) is 0 Å². The number of fused-ring (bicyclic) bond motifs is 1. The highest BCUT2D eigenvalue weighted by Crippen LogP contribution is 2.42. The van der Waals surface area contributed by atoms with E-state index in [1.165, 1.54) is 0 Å². The summed E-state index contributed by atoms with van der Waals surface area (Å²) in [5.74, 6) is -1.18. The third-order valence-electron chi connectivity index (χ3n) is 4.52. The summed E-state index contributed by atoms with van der Waals surface area (Å²) < 4.78 is 47.5. The Bertz CT molecular complexity index is 611. The van der Waals surface area contributed by atoms with Crippen LogP contribution in [0.15, 0.2) is 5.11 Å². The van der Waals surface area contributed by atoms with E-state index in [2.05, 4.69) is 10.0 Å². The van der Waals surface area contributed by atoms with E-state index in [0.29, 0.717) is 31.7 Å². The smallest absolute Gasteiger partial charge is 0.190 e. The van der Waals surface area contributed by atoms with Crippen LogP contribution in [0, 0.1) is 0 Å². The first kappa shape index (κ1) is 20.9. The lowest BCUT2D eigenvalue weighted by atomic mass is 10.1. The maximum absolute atomic E-state index is 12.4. The van der Waals surface area contributed by atoms with Gasteiger partial charge in [-0.3, -0.25) is 4.18 Å². The van der Waals surface area contributed by atoms with Crippen molar-refractivity contribution in [3.63, 3.8) is 0 Å². The van der Waals surface area contributed by atoms with Crippen LogP contribution in [-0.4, -0.2) is 65.4 Å². The molecule has 3 saturated heterocycles. The molecular formula is C16H27N3O7S. The lowest BCUT2D eigenvalue weighted by Gasteiger charge is -2.28. The van der Waals surface area contributed by atoms with Crippen molar-refractivity contribution in [2.24, 2.45) is 5.11 Å². The molecule has 154 valence electrons. The van der Waals surface area contributed by atoms with Crippen molar-refractivity contribution in [2.45, 2.75) is 82.8 Å². The third kappa shape index (κ3) is 5.18. The van der Waals surface area contributed by atoms with Crippen molar-refractivity contribution in [3.8, 4) is 0 Å². The van der Waals surface area contributed by atoms with Crippen molar-refractivity contribution in [2.75, 3.05) is 18.9 Å². The molecule has 0 aromatic heterocycles. The van der Waals surface area contributed by atoms with Crippen molar-refractivity contribution in [3.05, 3.63) is 10.4 Å². The zero-order chi connectivity index (χ0) is 19.7. The molecule has 0 saturated carbocycles. The van der Waals surface area contributed by atoms with Gasteiger partial charge in [0.1, 0.15) is 24.4 Å². The molecule has 3 rings (SSSR count). The maximum atomic E-state index is 12.4. The molecule has 6 atom stereocenters. The number of hydrogen-bond acceptors (Lipinski definition) is 8. The first-order chi connectivity index (χ1) is 12.7. The monoisotopic (exact) mass is 405 g/mol. The molecule has 0 radical (unpaired) electrons. The van der Waals surface area contributed by atoms with E-state index in [4.69, 9.17) is 33.4 Å². The zero-order valence-corrected chi connectivity index (χ0v) is 16.8. The minimum atomic E-state index is -1.54. The quantitative estimate of drug-likeness (QED) is 0.262. The fourth-order valence-electron chi connectivity index (χ4n) is 3.41. The van der Waals surface area contributed by atoms with Gasteiger partial charge in [-0.1, -0.05) is 5.11 Å². The molecule has 0 unspecified atom stereocenters. The summed E-state index contributed by atoms with van der Waals surface area (Å²) in [4.78, 5) is 2.70. The molecule has 3 aliphatic rings. The Morgan fingerprint density at radius 1 is 1.15 bits per heavy atom. The first-order valence-corrected chi connectivity index (χ1v) is 10.3. The molecule has 10 nitrogen and oxygen atoms in total. The second-order valence-electron chi connectivity index (χ2n) is 7.67. The van der Waals surface area contributed by atoms with Gasteiger partial charge in [-0.15, -0.1) is 0 Å². The molecular weight excluding hydrogens is 378 g/mol. The van der Waals surface area contributed by atoms with E-state index in [1.54, 1.807) is 13.8 Å².